The fourth-order valence-corrected chi connectivity index (χ4v) is 4.16. The van der Waals surface area contributed by atoms with Crippen LogP contribution in [0.25, 0.3) is 39.3 Å². The van der Waals surface area contributed by atoms with Gasteiger partial charge >= 0.3 is 0 Å². The van der Waals surface area contributed by atoms with Gasteiger partial charge in [0.2, 0.25) is 0 Å². The molecule has 5 heteroatoms. The van der Waals surface area contributed by atoms with Crippen LogP contribution in [-0.4, -0.2) is 14.8 Å². The Morgan fingerprint density at radius 1 is 0.774 bits per heavy atom. The average Bonchev–Trinajstić information content (AvgIpc) is 3.35. The molecule has 0 aliphatic carbocycles. The first-order valence-corrected chi connectivity index (χ1v) is 10.4. The highest BCUT2D eigenvalue weighted by Crippen LogP contribution is 2.40. The molecule has 0 spiro atoms. The van der Waals surface area contributed by atoms with Gasteiger partial charge in [0.05, 0.1) is 17.0 Å². The second-order valence-electron chi connectivity index (χ2n) is 7.41. The molecule has 0 radical (unpaired) electrons. The van der Waals surface area contributed by atoms with Gasteiger partial charge in [0.1, 0.15) is 0 Å². The van der Waals surface area contributed by atoms with Crippen LogP contribution in [0.4, 0.5) is 0 Å². The van der Waals surface area contributed by atoms with Crippen LogP contribution in [0.1, 0.15) is 5.69 Å². The van der Waals surface area contributed by atoms with Gasteiger partial charge in [0.15, 0.2) is 0 Å². The molecule has 3 aromatic carbocycles. The van der Waals surface area contributed by atoms with Crippen molar-refractivity contribution in [3.8, 4) is 39.3 Å². The predicted octanol–water partition coefficient (Wildman–Crippen LogP) is 6.46. The summed E-state index contributed by atoms with van der Waals surface area (Å²) in [5.41, 5.74) is 7.19. The number of rotatable bonds is 4. The van der Waals surface area contributed by atoms with Gasteiger partial charge in [-0.2, -0.15) is 0 Å². The van der Waals surface area contributed by atoms with E-state index in [1.807, 2.05) is 67.6 Å². The Morgan fingerprint density at radius 2 is 1.39 bits per heavy atom. The molecule has 0 amide bonds. The predicted molar refractivity (Wildman–Crippen MR) is 127 cm³/mol. The molecular formula is C26H20ClN3O. The molecule has 0 bridgehead atoms. The van der Waals surface area contributed by atoms with Crippen LogP contribution in [0.5, 0.6) is 0 Å². The molecule has 0 fully saturated rings. The second-order valence-corrected chi connectivity index (χ2v) is 7.85. The summed E-state index contributed by atoms with van der Waals surface area (Å²) in [7, 11) is 0. The Kier molecular flexibility index (Phi) is 4.85. The molecule has 2 N–H and O–H groups in total. The lowest BCUT2D eigenvalue weighted by atomic mass is 10.0. The van der Waals surface area contributed by atoms with Crippen molar-refractivity contribution in [1.82, 2.24) is 14.8 Å². The first kappa shape index (κ1) is 19.2. The van der Waals surface area contributed by atoms with Crippen molar-refractivity contribution >= 4 is 11.6 Å². The maximum absolute atomic E-state index is 12.7. The van der Waals surface area contributed by atoms with E-state index < -0.39 is 0 Å². The summed E-state index contributed by atoms with van der Waals surface area (Å²) >= 11 is 6.18. The lowest BCUT2D eigenvalue weighted by Gasteiger charge is -2.15. The van der Waals surface area contributed by atoms with Gasteiger partial charge < -0.3 is 9.67 Å². The molecule has 2 aromatic heterocycles. The van der Waals surface area contributed by atoms with Crippen molar-refractivity contribution in [3.63, 3.8) is 0 Å². The summed E-state index contributed by atoms with van der Waals surface area (Å²) in [6, 6.07) is 30.2. The zero-order chi connectivity index (χ0) is 21.4. The molecule has 0 unspecified atom stereocenters. The van der Waals surface area contributed by atoms with Crippen molar-refractivity contribution in [2.75, 3.05) is 0 Å². The molecule has 2 heterocycles. The van der Waals surface area contributed by atoms with E-state index in [0.29, 0.717) is 10.6 Å². The molecule has 0 saturated carbocycles. The highest BCUT2D eigenvalue weighted by atomic mass is 35.5. The number of aryl methyl sites for hydroxylation is 1. The zero-order valence-corrected chi connectivity index (χ0v) is 17.6. The van der Waals surface area contributed by atoms with E-state index in [0.717, 1.165) is 39.5 Å². The molecule has 5 aromatic rings. The van der Waals surface area contributed by atoms with Gasteiger partial charge in [0, 0.05) is 22.0 Å². The fourth-order valence-electron chi connectivity index (χ4n) is 4.03. The molecule has 31 heavy (non-hydrogen) atoms. The number of H-pyrrole nitrogens is 2. The largest absolute Gasteiger partial charge is 0.309 e. The number of nitrogens with zero attached hydrogens (tertiary/aromatic N) is 1. The normalized spacial score (nSPS) is 11.0. The molecule has 4 nitrogen and oxygen atoms in total. The number of hydrogen-bond donors (Lipinski definition) is 2. The van der Waals surface area contributed by atoms with Crippen LogP contribution in [0.3, 0.4) is 0 Å². The van der Waals surface area contributed by atoms with E-state index in [9.17, 15) is 4.79 Å². The van der Waals surface area contributed by atoms with E-state index >= 15 is 0 Å². The Balaban J connectivity index is 1.93. The standard InChI is InChI=1S/C26H20ClN3O/c1-17-24(26(31)29-28-17)22-16-23(18-8-4-2-5-9-18)30(21-14-12-20(27)13-15-21)25(22)19-10-6-3-7-11-19/h2-16H,1H3,(H2,28,29,31). The summed E-state index contributed by atoms with van der Waals surface area (Å²) in [5, 5.41) is 6.37. The smallest absolute Gasteiger partial charge is 0.272 e. The van der Waals surface area contributed by atoms with Crippen LogP contribution in [0.15, 0.2) is 95.8 Å². The summed E-state index contributed by atoms with van der Waals surface area (Å²) < 4.78 is 2.20. The Hall–Kier alpha value is -3.76. The summed E-state index contributed by atoms with van der Waals surface area (Å²) in [4.78, 5) is 12.7. The van der Waals surface area contributed by atoms with E-state index in [1.165, 1.54) is 0 Å². The minimum atomic E-state index is -0.137. The molecule has 0 aliphatic rings. The van der Waals surface area contributed by atoms with Crippen LogP contribution >= 0.6 is 11.6 Å². The van der Waals surface area contributed by atoms with Crippen molar-refractivity contribution in [2.45, 2.75) is 6.92 Å². The number of nitrogens with one attached hydrogen (secondary N) is 2. The van der Waals surface area contributed by atoms with E-state index in [1.54, 1.807) is 0 Å². The molecule has 0 saturated heterocycles. The SMILES string of the molecule is Cc1[nH][nH]c(=O)c1-c1cc(-c2ccccc2)n(-c2ccc(Cl)cc2)c1-c1ccccc1. The molecular weight excluding hydrogens is 406 g/mol. The molecule has 152 valence electrons. The minimum Gasteiger partial charge on any atom is -0.309 e. The number of halogens is 1. The highest BCUT2D eigenvalue weighted by Gasteiger charge is 2.23. The average molecular weight is 426 g/mol. The number of hydrogen-bond acceptors (Lipinski definition) is 1. The quantitative estimate of drug-likeness (QED) is 0.341. The Morgan fingerprint density at radius 3 is 1.97 bits per heavy atom. The first-order valence-electron chi connectivity index (χ1n) is 10.0. The third-order valence-corrected chi connectivity index (χ3v) is 5.69. The number of aromatic amines is 2. The number of benzene rings is 3. The van der Waals surface area contributed by atoms with Gasteiger partial charge in [-0.1, -0.05) is 72.3 Å². The topological polar surface area (TPSA) is 53.6 Å². The lowest BCUT2D eigenvalue weighted by molar-refractivity contribution is 1.02. The van der Waals surface area contributed by atoms with Gasteiger partial charge in [-0.3, -0.25) is 9.89 Å². The first-order chi connectivity index (χ1) is 15.1. The van der Waals surface area contributed by atoms with E-state index in [-0.39, 0.29) is 5.56 Å². The Bertz CT molecular complexity index is 1400. The molecule has 0 atom stereocenters. The van der Waals surface area contributed by atoms with Gasteiger partial charge in [-0.15, -0.1) is 0 Å². The van der Waals surface area contributed by atoms with Gasteiger partial charge in [-0.05, 0) is 48.4 Å². The van der Waals surface area contributed by atoms with Crippen molar-refractivity contribution < 1.29 is 0 Å². The van der Waals surface area contributed by atoms with E-state index in [4.69, 9.17) is 11.6 Å². The van der Waals surface area contributed by atoms with Crippen molar-refractivity contribution in [2.24, 2.45) is 0 Å². The third-order valence-electron chi connectivity index (χ3n) is 5.44. The van der Waals surface area contributed by atoms with Gasteiger partial charge in [-0.25, -0.2) is 0 Å². The molecule has 0 aliphatic heterocycles. The van der Waals surface area contributed by atoms with Crippen molar-refractivity contribution in [1.29, 1.82) is 0 Å². The van der Waals surface area contributed by atoms with Crippen LogP contribution < -0.4 is 5.56 Å². The Labute approximate surface area is 184 Å². The maximum Gasteiger partial charge on any atom is 0.272 e. The second kappa shape index (κ2) is 7.82. The van der Waals surface area contributed by atoms with Crippen LogP contribution in [-0.2, 0) is 0 Å². The zero-order valence-electron chi connectivity index (χ0n) is 16.9. The maximum atomic E-state index is 12.7. The summed E-state index contributed by atoms with van der Waals surface area (Å²) in [5.74, 6) is 0. The van der Waals surface area contributed by atoms with Gasteiger partial charge in [0.25, 0.3) is 5.56 Å². The number of aromatic nitrogens is 3. The van der Waals surface area contributed by atoms with Crippen LogP contribution in [0, 0.1) is 6.92 Å². The minimum absolute atomic E-state index is 0.137. The lowest BCUT2D eigenvalue weighted by Crippen LogP contribution is -2.04. The molecule has 5 rings (SSSR count). The third kappa shape index (κ3) is 3.41. The van der Waals surface area contributed by atoms with Crippen molar-refractivity contribution in [3.05, 3.63) is 112 Å². The van der Waals surface area contributed by atoms with Crippen LogP contribution in [0.2, 0.25) is 5.02 Å². The van der Waals surface area contributed by atoms with E-state index in [2.05, 4.69) is 45.1 Å². The fraction of sp³-hybridized carbons (Fsp3) is 0.0385. The highest BCUT2D eigenvalue weighted by molar-refractivity contribution is 6.30. The summed E-state index contributed by atoms with van der Waals surface area (Å²) in [6.07, 6.45) is 0. The summed E-state index contributed by atoms with van der Waals surface area (Å²) in [6.45, 7) is 1.91. The monoisotopic (exact) mass is 425 g/mol.